The second-order valence-corrected chi connectivity index (χ2v) is 6.47. The fourth-order valence-electron chi connectivity index (χ4n) is 3.20. The minimum absolute atomic E-state index is 0.187. The lowest BCUT2D eigenvalue weighted by Crippen LogP contribution is -2.46. The van der Waals surface area contributed by atoms with E-state index in [1.165, 1.54) is 6.42 Å². The Balaban J connectivity index is 1.69. The Bertz CT molecular complexity index is 443. The third kappa shape index (κ3) is 2.81. The summed E-state index contributed by atoms with van der Waals surface area (Å²) in [5.41, 5.74) is 6.10. The van der Waals surface area contributed by atoms with Gasteiger partial charge >= 0.3 is 0 Å². The molecule has 3 N–H and O–H groups in total. The van der Waals surface area contributed by atoms with Gasteiger partial charge < -0.3 is 15.4 Å². The Labute approximate surface area is 120 Å². The predicted octanol–water partition coefficient (Wildman–Crippen LogP) is 1.26. The fourth-order valence-corrected chi connectivity index (χ4v) is 3.20. The SMILES string of the molecule is CC1(CN)CCCN(c2n[nH]c(C3CCCOC3)n2)C1. The number of ether oxygens (including phenoxy) is 1. The van der Waals surface area contributed by atoms with Crippen LogP contribution in [0.15, 0.2) is 0 Å². The van der Waals surface area contributed by atoms with E-state index in [0.717, 1.165) is 63.9 Å². The number of piperidine rings is 1. The smallest absolute Gasteiger partial charge is 0.244 e. The van der Waals surface area contributed by atoms with Crippen molar-refractivity contribution in [3.05, 3.63) is 5.82 Å². The van der Waals surface area contributed by atoms with Crippen molar-refractivity contribution in [3.8, 4) is 0 Å². The highest BCUT2D eigenvalue weighted by Crippen LogP contribution is 2.30. The van der Waals surface area contributed by atoms with Gasteiger partial charge in [0.15, 0.2) is 0 Å². The van der Waals surface area contributed by atoms with E-state index in [-0.39, 0.29) is 5.41 Å². The number of nitrogens with two attached hydrogens (primary N) is 1. The lowest BCUT2D eigenvalue weighted by atomic mass is 9.82. The molecule has 0 saturated carbocycles. The third-order valence-corrected chi connectivity index (χ3v) is 4.59. The zero-order valence-corrected chi connectivity index (χ0v) is 12.3. The van der Waals surface area contributed by atoms with Crippen molar-refractivity contribution in [2.75, 3.05) is 37.7 Å². The van der Waals surface area contributed by atoms with Crippen LogP contribution in [0, 0.1) is 5.41 Å². The molecule has 2 atom stereocenters. The van der Waals surface area contributed by atoms with Crippen LogP contribution >= 0.6 is 0 Å². The van der Waals surface area contributed by atoms with Crippen molar-refractivity contribution in [1.29, 1.82) is 0 Å². The highest BCUT2D eigenvalue weighted by molar-refractivity contribution is 5.31. The number of nitrogens with one attached hydrogen (secondary N) is 1. The van der Waals surface area contributed by atoms with Gasteiger partial charge in [-0.1, -0.05) is 6.92 Å². The molecule has 3 rings (SSSR count). The first-order chi connectivity index (χ1) is 9.70. The Hall–Kier alpha value is -1.14. The van der Waals surface area contributed by atoms with Gasteiger partial charge in [0.1, 0.15) is 5.82 Å². The summed E-state index contributed by atoms with van der Waals surface area (Å²) in [6.07, 6.45) is 4.59. The molecule has 20 heavy (non-hydrogen) atoms. The van der Waals surface area contributed by atoms with E-state index in [1.807, 2.05) is 0 Å². The monoisotopic (exact) mass is 279 g/mol. The van der Waals surface area contributed by atoms with Gasteiger partial charge in [0, 0.05) is 25.6 Å². The summed E-state index contributed by atoms with van der Waals surface area (Å²) >= 11 is 0. The van der Waals surface area contributed by atoms with Gasteiger partial charge in [-0.05, 0) is 37.6 Å². The van der Waals surface area contributed by atoms with Gasteiger partial charge in [0.2, 0.25) is 5.95 Å². The van der Waals surface area contributed by atoms with Crippen LogP contribution in [0.5, 0.6) is 0 Å². The first-order valence-electron chi connectivity index (χ1n) is 7.65. The van der Waals surface area contributed by atoms with Gasteiger partial charge in [-0.15, -0.1) is 5.10 Å². The summed E-state index contributed by atoms with van der Waals surface area (Å²) < 4.78 is 5.52. The van der Waals surface area contributed by atoms with Crippen LogP contribution in [-0.4, -0.2) is 48.0 Å². The van der Waals surface area contributed by atoms with Crippen LogP contribution in [0.1, 0.15) is 44.3 Å². The largest absolute Gasteiger partial charge is 0.381 e. The molecule has 0 bridgehead atoms. The van der Waals surface area contributed by atoms with E-state index in [9.17, 15) is 0 Å². The fraction of sp³-hybridized carbons (Fsp3) is 0.857. The molecule has 112 valence electrons. The van der Waals surface area contributed by atoms with Crippen LogP contribution in [0.25, 0.3) is 0 Å². The lowest BCUT2D eigenvalue weighted by Gasteiger charge is -2.39. The Kier molecular flexibility index (Phi) is 3.94. The third-order valence-electron chi connectivity index (χ3n) is 4.59. The highest BCUT2D eigenvalue weighted by Gasteiger charge is 2.31. The second kappa shape index (κ2) is 5.69. The molecule has 0 spiro atoms. The maximum Gasteiger partial charge on any atom is 0.244 e. The average Bonchev–Trinajstić information content (AvgIpc) is 2.98. The van der Waals surface area contributed by atoms with Crippen molar-refractivity contribution in [1.82, 2.24) is 15.2 Å². The summed E-state index contributed by atoms with van der Waals surface area (Å²) in [6, 6.07) is 0. The van der Waals surface area contributed by atoms with E-state index in [0.29, 0.717) is 5.92 Å². The Morgan fingerprint density at radius 3 is 3.15 bits per heavy atom. The number of anilines is 1. The van der Waals surface area contributed by atoms with Crippen LogP contribution < -0.4 is 10.6 Å². The zero-order chi connectivity index (χ0) is 14.0. The van der Waals surface area contributed by atoms with Crippen molar-refractivity contribution in [3.63, 3.8) is 0 Å². The Morgan fingerprint density at radius 1 is 1.50 bits per heavy atom. The van der Waals surface area contributed by atoms with E-state index >= 15 is 0 Å². The molecule has 2 fully saturated rings. The van der Waals surface area contributed by atoms with Gasteiger partial charge in [-0.2, -0.15) is 4.98 Å². The molecule has 2 saturated heterocycles. The van der Waals surface area contributed by atoms with Crippen molar-refractivity contribution in [2.45, 2.75) is 38.5 Å². The molecule has 6 nitrogen and oxygen atoms in total. The maximum atomic E-state index is 5.91. The standard InChI is InChI=1S/C14H25N5O/c1-14(9-15)5-3-6-19(10-14)13-16-12(17-18-13)11-4-2-7-20-8-11/h11H,2-10,15H2,1H3,(H,16,17,18). The van der Waals surface area contributed by atoms with E-state index < -0.39 is 0 Å². The van der Waals surface area contributed by atoms with Gasteiger partial charge in [-0.3, -0.25) is 5.10 Å². The number of hydrogen-bond donors (Lipinski definition) is 2. The molecule has 2 unspecified atom stereocenters. The molecule has 3 heterocycles. The summed E-state index contributed by atoms with van der Waals surface area (Å²) in [7, 11) is 0. The summed E-state index contributed by atoms with van der Waals surface area (Å²) in [4.78, 5) is 6.96. The normalized spacial score (nSPS) is 31.5. The van der Waals surface area contributed by atoms with Crippen molar-refractivity contribution < 1.29 is 4.74 Å². The number of H-pyrrole nitrogens is 1. The van der Waals surface area contributed by atoms with Crippen LogP contribution in [0.4, 0.5) is 5.95 Å². The molecule has 0 amide bonds. The molecule has 1 aromatic heterocycles. The Morgan fingerprint density at radius 2 is 2.40 bits per heavy atom. The van der Waals surface area contributed by atoms with E-state index in [2.05, 4.69) is 22.0 Å². The van der Waals surface area contributed by atoms with Crippen LogP contribution in [0.3, 0.4) is 0 Å². The maximum absolute atomic E-state index is 5.91. The summed E-state index contributed by atoms with van der Waals surface area (Å²) in [5.74, 6) is 2.17. The molecule has 0 aromatic carbocycles. The molecule has 0 radical (unpaired) electrons. The van der Waals surface area contributed by atoms with Crippen molar-refractivity contribution in [2.24, 2.45) is 11.1 Å². The number of rotatable bonds is 3. The first kappa shape index (κ1) is 13.8. The minimum Gasteiger partial charge on any atom is -0.381 e. The zero-order valence-electron chi connectivity index (χ0n) is 12.3. The highest BCUT2D eigenvalue weighted by atomic mass is 16.5. The number of nitrogens with zero attached hydrogens (tertiary/aromatic N) is 3. The molecule has 1 aromatic rings. The number of aromatic nitrogens is 3. The molecular formula is C14H25N5O. The predicted molar refractivity (Wildman–Crippen MR) is 77.8 cm³/mol. The lowest BCUT2D eigenvalue weighted by molar-refractivity contribution is 0.0781. The van der Waals surface area contributed by atoms with Gasteiger partial charge in [0.25, 0.3) is 0 Å². The van der Waals surface area contributed by atoms with E-state index in [1.54, 1.807) is 0 Å². The summed E-state index contributed by atoms with van der Waals surface area (Å²) in [5, 5.41) is 7.51. The van der Waals surface area contributed by atoms with E-state index in [4.69, 9.17) is 15.5 Å². The van der Waals surface area contributed by atoms with Gasteiger partial charge in [0.05, 0.1) is 6.61 Å². The topological polar surface area (TPSA) is 80.1 Å². The number of hydrogen-bond acceptors (Lipinski definition) is 5. The molecule has 2 aliphatic heterocycles. The van der Waals surface area contributed by atoms with Crippen LogP contribution in [0.2, 0.25) is 0 Å². The second-order valence-electron chi connectivity index (χ2n) is 6.47. The van der Waals surface area contributed by atoms with Gasteiger partial charge in [-0.25, -0.2) is 0 Å². The first-order valence-corrected chi connectivity index (χ1v) is 7.65. The molecule has 6 heteroatoms. The quantitative estimate of drug-likeness (QED) is 0.871. The van der Waals surface area contributed by atoms with Crippen LogP contribution in [-0.2, 0) is 4.74 Å². The summed E-state index contributed by atoms with van der Waals surface area (Å²) in [6.45, 7) is 6.57. The molecule has 0 aliphatic carbocycles. The average molecular weight is 279 g/mol. The minimum atomic E-state index is 0.187. The molecule has 2 aliphatic rings. The van der Waals surface area contributed by atoms with Crippen molar-refractivity contribution >= 4 is 5.95 Å². The number of aromatic amines is 1. The molecular weight excluding hydrogens is 254 g/mol.